The molecule has 3 amide bonds. The lowest BCUT2D eigenvalue weighted by Gasteiger charge is -2.29. The van der Waals surface area contributed by atoms with Crippen LogP contribution < -0.4 is 10.6 Å². The third-order valence-electron chi connectivity index (χ3n) is 4.20. The van der Waals surface area contributed by atoms with Gasteiger partial charge in [0.05, 0.1) is 0 Å². The van der Waals surface area contributed by atoms with Crippen LogP contribution in [0, 0.1) is 0 Å². The number of rotatable bonds is 8. The topological polar surface area (TPSA) is 105 Å². The average Bonchev–Trinajstić information content (AvgIpc) is 2.68. The van der Waals surface area contributed by atoms with Crippen LogP contribution in [0.25, 0.3) is 0 Å². The van der Waals surface area contributed by atoms with Gasteiger partial charge in [0.2, 0.25) is 5.91 Å². The SMILES string of the molecule is CCC(=O)[C@H](CNC(=O)c1ccccc1)NC(=O)[C@H](C)N(C)C(=O)OC(C)(C)C. The molecule has 0 saturated heterocycles. The number of ketones is 1. The molecule has 0 spiro atoms. The van der Waals surface area contributed by atoms with Crippen molar-refractivity contribution in [2.45, 2.75) is 58.7 Å². The number of benzene rings is 1. The molecule has 0 aromatic heterocycles. The van der Waals surface area contributed by atoms with Gasteiger partial charge in [-0.2, -0.15) is 0 Å². The van der Waals surface area contributed by atoms with Crippen LogP contribution in [0.15, 0.2) is 30.3 Å². The molecule has 160 valence electrons. The molecule has 0 aliphatic heterocycles. The molecule has 8 nitrogen and oxygen atoms in total. The van der Waals surface area contributed by atoms with Gasteiger partial charge in [-0.05, 0) is 39.8 Å². The van der Waals surface area contributed by atoms with Gasteiger partial charge < -0.3 is 15.4 Å². The molecule has 0 saturated carbocycles. The quantitative estimate of drug-likeness (QED) is 0.689. The van der Waals surface area contributed by atoms with E-state index in [2.05, 4.69) is 10.6 Å². The molecule has 0 aliphatic rings. The van der Waals surface area contributed by atoms with E-state index in [-0.39, 0.29) is 24.7 Å². The first kappa shape index (κ1) is 24.1. The number of amides is 3. The van der Waals surface area contributed by atoms with Gasteiger partial charge in [0, 0.05) is 25.6 Å². The van der Waals surface area contributed by atoms with Gasteiger partial charge >= 0.3 is 6.09 Å². The smallest absolute Gasteiger partial charge is 0.410 e. The maximum Gasteiger partial charge on any atom is 0.410 e. The number of nitrogens with zero attached hydrogens (tertiary/aromatic N) is 1. The van der Waals surface area contributed by atoms with Crippen molar-refractivity contribution in [3.05, 3.63) is 35.9 Å². The summed E-state index contributed by atoms with van der Waals surface area (Å²) < 4.78 is 5.26. The Morgan fingerprint density at radius 2 is 1.69 bits per heavy atom. The lowest BCUT2D eigenvalue weighted by Crippen LogP contribution is -2.54. The molecule has 0 aliphatic carbocycles. The summed E-state index contributed by atoms with van der Waals surface area (Å²) in [4.78, 5) is 50.3. The van der Waals surface area contributed by atoms with Crippen LogP contribution in [0.1, 0.15) is 51.4 Å². The van der Waals surface area contributed by atoms with Crippen LogP contribution in [-0.4, -0.2) is 59.9 Å². The van der Waals surface area contributed by atoms with E-state index in [1.807, 2.05) is 0 Å². The summed E-state index contributed by atoms with van der Waals surface area (Å²) in [5.74, 6) is -1.08. The molecule has 0 heterocycles. The van der Waals surface area contributed by atoms with Gasteiger partial charge in [0.1, 0.15) is 17.7 Å². The van der Waals surface area contributed by atoms with Crippen LogP contribution in [-0.2, 0) is 14.3 Å². The van der Waals surface area contributed by atoms with E-state index >= 15 is 0 Å². The number of Topliss-reactive ketones (excluding diaryl/α,β-unsaturated/α-hetero) is 1. The summed E-state index contributed by atoms with van der Waals surface area (Å²) in [5, 5.41) is 5.28. The molecule has 0 fully saturated rings. The summed E-state index contributed by atoms with van der Waals surface area (Å²) in [5.41, 5.74) is -0.233. The molecule has 1 aromatic carbocycles. The zero-order chi connectivity index (χ0) is 22.2. The van der Waals surface area contributed by atoms with E-state index < -0.39 is 29.7 Å². The summed E-state index contributed by atoms with van der Waals surface area (Å²) in [7, 11) is 1.45. The second kappa shape index (κ2) is 10.6. The van der Waals surface area contributed by atoms with Crippen molar-refractivity contribution in [1.29, 1.82) is 0 Å². The van der Waals surface area contributed by atoms with Gasteiger partial charge in [-0.3, -0.25) is 19.3 Å². The molecular formula is C21H31N3O5. The van der Waals surface area contributed by atoms with Gasteiger partial charge in [0.25, 0.3) is 5.91 Å². The summed E-state index contributed by atoms with van der Waals surface area (Å²) in [6, 6.07) is 6.82. The highest BCUT2D eigenvalue weighted by molar-refractivity contribution is 5.95. The molecule has 29 heavy (non-hydrogen) atoms. The predicted molar refractivity (Wildman–Crippen MR) is 109 cm³/mol. The molecule has 0 radical (unpaired) electrons. The van der Waals surface area contributed by atoms with Crippen LogP contribution in [0.4, 0.5) is 4.79 Å². The minimum absolute atomic E-state index is 0.0466. The van der Waals surface area contributed by atoms with E-state index in [0.29, 0.717) is 5.56 Å². The van der Waals surface area contributed by atoms with Gasteiger partial charge in [-0.25, -0.2) is 4.79 Å². The first-order valence-corrected chi connectivity index (χ1v) is 9.58. The number of nitrogens with one attached hydrogen (secondary N) is 2. The fourth-order valence-electron chi connectivity index (χ4n) is 2.34. The Hall–Kier alpha value is -2.90. The largest absolute Gasteiger partial charge is 0.444 e. The molecule has 0 unspecified atom stereocenters. The lowest BCUT2D eigenvalue weighted by molar-refractivity contribution is -0.130. The summed E-state index contributed by atoms with van der Waals surface area (Å²) in [6.07, 6.45) is -0.446. The Bertz CT molecular complexity index is 728. The van der Waals surface area contributed by atoms with E-state index in [4.69, 9.17) is 4.74 Å². The van der Waals surface area contributed by atoms with Gasteiger partial charge in [-0.15, -0.1) is 0 Å². The molecule has 1 rings (SSSR count). The Labute approximate surface area is 172 Å². The predicted octanol–water partition coefficient (Wildman–Crippen LogP) is 2.14. The Kier molecular flexibility index (Phi) is 8.82. The monoisotopic (exact) mass is 405 g/mol. The summed E-state index contributed by atoms with van der Waals surface area (Å²) >= 11 is 0. The molecular weight excluding hydrogens is 374 g/mol. The average molecular weight is 405 g/mol. The molecule has 2 atom stereocenters. The van der Waals surface area contributed by atoms with Crippen molar-refractivity contribution in [2.24, 2.45) is 0 Å². The van der Waals surface area contributed by atoms with E-state index in [1.54, 1.807) is 58.0 Å². The van der Waals surface area contributed by atoms with E-state index in [0.717, 1.165) is 4.90 Å². The van der Waals surface area contributed by atoms with E-state index in [1.165, 1.54) is 14.0 Å². The van der Waals surface area contributed by atoms with Crippen LogP contribution in [0.2, 0.25) is 0 Å². The Balaban J connectivity index is 2.74. The maximum atomic E-state index is 12.6. The number of hydrogen-bond acceptors (Lipinski definition) is 5. The second-order valence-electron chi connectivity index (χ2n) is 7.72. The standard InChI is InChI=1S/C21H31N3O5/c1-7-17(25)16(13-22-19(27)15-11-9-8-10-12-15)23-18(26)14(2)24(6)20(28)29-21(3,4)5/h8-12,14,16H,7,13H2,1-6H3,(H,22,27)(H,23,26)/t14-,16-/m0/s1. The zero-order valence-corrected chi connectivity index (χ0v) is 17.9. The van der Waals surface area contributed by atoms with Crippen LogP contribution >= 0.6 is 0 Å². The Morgan fingerprint density at radius 3 is 2.21 bits per heavy atom. The second-order valence-corrected chi connectivity index (χ2v) is 7.72. The van der Waals surface area contributed by atoms with Crippen molar-refractivity contribution < 1.29 is 23.9 Å². The number of hydrogen-bond donors (Lipinski definition) is 2. The molecule has 0 bridgehead atoms. The highest BCUT2D eigenvalue weighted by Crippen LogP contribution is 2.11. The molecule has 8 heteroatoms. The molecule has 2 N–H and O–H groups in total. The van der Waals surface area contributed by atoms with Gasteiger partial charge in [-0.1, -0.05) is 25.1 Å². The zero-order valence-electron chi connectivity index (χ0n) is 17.9. The van der Waals surface area contributed by atoms with Gasteiger partial charge in [0.15, 0.2) is 5.78 Å². The van der Waals surface area contributed by atoms with Crippen molar-refractivity contribution in [2.75, 3.05) is 13.6 Å². The number of carbonyl (C=O) groups is 4. The summed E-state index contributed by atoms with van der Waals surface area (Å²) in [6.45, 7) is 8.36. The fraction of sp³-hybridized carbons (Fsp3) is 0.524. The number of likely N-dealkylation sites (N-methyl/N-ethyl adjacent to an activating group) is 1. The van der Waals surface area contributed by atoms with Crippen molar-refractivity contribution in [1.82, 2.24) is 15.5 Å². The fourth-order valence-corrected chi connectivity index (χ4v) is 2.34. The third kappa shape index (κ3) is 7.93. The Morgan fingerprint density at radius 1 is 1.10 bits per heavy atom. The lowest BCUT2D eigenvalue weighted by atomic mass is 10.1. The minimum atomic E-state index is -0.894. The highest BCUT2D eigenvalue weighted by Gasteiger charge is 2.29. The molecule has 1 aromatic rings. The van der Waals surface area contributed by atoms with Crippen molar-refractivity contribution >= 4 is 23.7 Å². The first-order valence-electron chi connectivity index (χ1n) is 9.58. The third-order valence-corrected chi connectivity index (χ3v) is 4.20. The van der Waals surface area contributed by atoms with E-state index in [9.17, 15) is 19.2 Å². The first-order chi connectivity index (χ1) is 13.5. The number of carbonyl (C=O) groups excluding carboxylic acids is 4. The maximum absolute atomic E-state index is 12.6. The van der Waals surface area contributed by atoms with Crippen LogP contribution in [0.3, 0.4) is 0 Å². The van der Waals surface area contributed by atoms with Crippen molar-refractivity contribution in [3.8, 4) is 0 Å². The van der Waals surface area contributed by atoms with Crippen molar-refractivity contribution in [3.63, 3.8) is 0 Å². The highest BCUT2D eigenvalue weighted by atomic mass is 16.6. The van der Waals surface area contributed by atoms with Crippen LogP contribution in [0.5, 0.6) is 0 Å². The minimum Gasteiger partial charge on any atom is -0.444 e. The number of ether oxygens (including phenoxy) is 1. The normalized spacial score (nSPS) is 13.0.